The topological polar surface area (TPSA) is 86.8 Å². The summed E-state index contributed by atoms with van der Waals surface area (Å²) in [5.74, 6) is -0.851. The number of amides is 2. The Morgan fingerprint density at radius 2 is 1.66 bits per heavy atom. The Hall–Kier alpha value is -2.78. The molecule has 2 amide bonds. The first-order valence-corrected chi connectivity index (χ1v) is 13.5. The van der Waals surface area contributed by atoms with Crippen molar-refractivity contribution in [2.75, 3.05) is 20.1 Å². The van der Waals surface area contributed by atoms with Crippen LogP contribution < -0.4 is 5.32 Å². The summed E-state index contributed by atoms with van der Waals surface area (Å²) >= 11 is 0. The number of carbonyl (C=O) groups excluding carboxylic acids is 2. The van der Waals surface area contributed by atoms with Crippen LogP contribution >= 0.6 is 0 Å². The lowest BCUT2D eigenvalue weighted by atomic mass is 10.1. The van der Waals surface area contributed by atoms with E-state index in [2.05, 4.69) is 5.32 Å². The van der Waals surface area contributed by atoms with Gasteiger partial charge in [0.25, 0.3) is 0 Å². The molecule has 1 atom stereocenters. The van der Waals surface area contributed by atoms with Crippen LogP contribution in [0.5, 0.6) is 0 Å². The van der Waals surface area contributed by atoms with Gasteiger partial charge in [-0.05, 0) is 49.1 Å². The minimum atomic E-state index is -3.65. The lowest BCUT2D eigenvalue weighted by Gasteiger charge is -2.31. The summed E-state index contributed by atoms with van der Waals surface area (Å²) in [6, 6.07) is 13.3. The van der Waals surface area contributed by atoms with Crippen molar-refractivity contribution in [1.29, 1.82) is 0 Å². The summed E-state index contributed by atoms with van der Waals surface area (Å²) in [7, 11) is -2.16. The van der Waals surface area contributed by atoms with Crippen LogP contribution in [0.25, 0.3) is 0 Å². The minimum Gasteiger partial charge on any atom is -0.354 e. The van der Waals surface area contributed by atoms with Crippen molar-refractivity contribution >= 4 is 21.8 Å². The second kappa shape index (κ2) is 13.9. The molecule has 0 saturated heterocycles. The largest absolute Gasteiger partial charge is 0.354 e. The van der Waals surface area contributed by atoms with E-state index in [-0.39, 0.29) is 42.0 Å². The highest BCUT2D eigenvalue weighted by atomic mass is 32.2. The van der Waals surface area contributed by atoms with Gasteiger partial charge in [0.15, 0.2) is 0 Å². The van der Waals surface area contributed by atoms with Gasteiger partial charge in [-0.3, -0.25) is 9.59 Å². The fourth-order valence-corrected chi connectivity index (χ4v) is 4.93. The van der Waals surface area contributed by atoms with Gasteiger partial charge in [0.2, 0.25) is 21.8 Å². The number of unbranched alkanes of at least 4 members (excludes halogenated alkanes) is 1. The summed E-state index contributed by atoms with van der Waals surface area (Å²) in [4.78, 5) is 27.8. The molecule has 1 unspecified atom stereocenters. The Labute approximate surface area is 208 Å². The molecular formula is C26H36FN3O4S. The van der Waals surface area contributed by atoms with E-state index in [0.29, 0.717) is 24.9 Å². The van der Waals surface area contributed by atoms with Crippen molar-refractivity contribution in [3.63, 3.8) is 0 Å². The molecular weight excluding hydrogens is 469 g/mol. The van der Waals surface area contributed by atoms with Crippen molar-refractivity contribution in [1.82, 2.24) is 14.5 Å². The van der Waals surface area contributed by atoms with E-state index < -0.39 is 16.1 Å². The zero-order valence-electron chi connectivity index (χ0n) is 20.7. The van der Waals surface area contributed by atoms with E-state index in [4.69, 9.17) is 0 Å². The molecule has 0 fully saturated rings. The van der Waals surface area contributed by atoms with E-state index in [1.807, 2.05) is 13.8 Å². The zero-order valence-corrected chi connectivity index (χ0v) is 21.6. The first kappa shape index (κ1) is 28.5. The molecule has 0 aliphatic rings. The zero-order chi connectivity index (χ0) is 25.8. The van der Waals surface area contributed by atoms with Crippen molar-refractivity contribution < 1.29 is 22.4 Å². The Balaban J connectivity index is 2.10. The summed E-state index contributed by atoms with van der Waals surface area (Å²) in [5.41, 5.74) is 0.711. The maximum absolute atomic E-state index is 13.4. The molecule has 0 spiro atoms. The molecule has 0 heterocycles. The van der Waals surface area contributed by atoms with E-state index in [1.54, 1.807) is 30.3 Å². The fourth-order valence-electron chi connectivity index (χ4n) is 3.70. The van der Waals surface area contributed by atoms with Crippen LogP contribution in [0.2, 0.25) is 0 Å². The summed E-state index contributed by atoms with van der Waals surface area (Å²) < 4.78 is 40.1. The minimum absolute atomic E-state index is 0.0780. The molecule has 0 aromatic heterocycles. The van der Waals surface area contributed by atoms with Crippen LogP contribution in [0.15, 0.2) is 59.5 Å². The lowest BCUT2D eigenvalue weighted by molar-refractivity contribution is -0.141. The van der Waals surface area contributed by atoms with Crippen molar-refractivity contribution in [3.8, 4) is 0 Å². The number of sulfonamides is 1. The molecule has 0 bridgehead atoms. The first-order valence-electron chi connectivity index (χ1n) is 12.0. The molecule has 192 valence electrons. The predicted molar refractivity (Wildman–Crippen MR) is 134 cm³/mol. The maximum atomic E-state index is 13.4. The van der Waals surface area contributed by atoms with E-state index in [1.165, 1.54) is 40.5 Å². The van der Waals surface area contributed by atoms with E-state index >= 15 is 0 Å². The van der Waals surface area contributed by atoms with Gasteiger partial charge in [-0.2, -0.15) is 0 Å². The highest BCUT2D eigenvalue weighted by Crippen LogP contribution is 2.17. The Morgan fingerprint density at radius 1 is 1.00 bits per heavy atom. The Morgan fingerprint density at radius 3 is 2.26 bits per heavy atom. The number of carbonyl (C=O) groups is 2. The van der Waals surface area contributed by atoms with Crippen molar-refractivity contribution in [2.45, 2.75) is 63.4 Å². The highest BCUT2D eigenvalue weighted by molar-refractivity contribution is 7.89. The molecule has 35 heavy (non-hydrogen) atoms. The van der Waals surface area contributed by atoms with Crippen LogP contribution in [0.4, 0.5) is 4.39 Å². The number of rotatable bonds is 14. The normalized spacial score (nSPS) is 12.4. The van der Waals surface area contributed by atoms with Crippen molar-refractivity contribution in [2.24, 2.45) is 0 Å². The maximum Gasteiger partial charge on any atom is 0.242 e. The standard InChI is InChI=1S/C26H36FN3O4S/c1-4-6-18-28-26(32)24(5-2)30(20-21-14-16-22(27)17-15-21)25(31)13-10-19-29(3)35(33,34)23-11-8-7-9-12-23/h7-9,11-12,14-17,24H,4-6,10,13,18-20H2,1-3H3,(H,28,32). The lowest BCUT2D eigenvalue weighted by Crippen LogP contribution is -2.49. The van der Waals surface area contributed by atoms with E-state index in [0.717, 1.165) is 12.8 Å². The molecule has 1 N–H and O–H groups in total. The van der Waals surface area contributed by atoms with Gasteiger partial charge in [0.1, 0.15) is 11.9 Å². The fraction of sp³-hybridized carbons (Fsp3) is 0.462. The molecule has 0 radical (unpaired) electrons. The smallest absolute Gasteiger partial charge is 0.242 e. The third-order valence-corrected chi connectivity index (χ3v) is 7.67. The van der Waals surface area contributed by atoms with Crippen molar-refractivity contribution in [3.05, 3.63) is 66.0 Å². The van der Waals surface area contributed by atoms with Gasteiger partial charge in [0, 0.05) is 33.1 Å². The van der Waals surface area contributed by atoms with E-state index in [9.17, 15) is 22.4 Å². The highest BCUT2D eigenvalue weighted by Gasteiger charge is 2.28. The molecule has 0 aliphatic heterocycles. The van der Waals surface area contributed by atoms with Crippen LogP contribution in [0, 0.1) is 5.82 Å². The van der Waals surface area contributed by atoms with Crippen LogP contribution in [0.1, 0.15) is 51.5 Å². The second-order valence-electron chi connectivity index (χ2n) is 8.46. The average Bonchev–Trinajstić information content (AvgIpc) is 2.85. The second-order valence-corrected chi connectivity index (χ2v) is 10.5. The van der Waals surface area contributed by atoms with Gasteiger partial charge in [-0.25, -0.2) is 17.1 Å². The molecule has 0 aliphatic carbocycles. The monoisotopic (exact) mass is 505 g/mol. The molecule has 2 aromatic rings. The predicted octanol–water partition coefficient (Wildman–Crippen LogP) is 3.95. The van der Waals surface area contributed by atoms with Gasteiger partial charge >= 0.3 is 0 Å². The van der Waals surface area contributed by atoms with Gasteiger partial charge < -0.3 is 10.2 Å². The third kappa shape index (κ3) is 8.43. The molecule has 2 rings (SSSR count). The molecule has 2 aromatic carbocycles. The summed E-state index contributed by atoms with van der Waals surface area (Å²) in [5, 5.41) is 2.90. The van der Waals surface area contributed by atoms with Gasteiger partial charge in [-0.15, -0.1) is 0 Å². The number of nitrogens with one attached hydrogen (secondary N) is 1. The first-order chi connectivity index (χ1) is 16.7. The summed E-state index contributed by atoms with van der Waals surface area (Å²) in [6.07, 6.45) is 2.59. The quantitative estimate of drug-likeness (QED) is 0.394. The van der Waals surface area contributed by atoms with Crippen LogP contribution in [-0.4, -0.2) is 55.6 Å². The number of nitrogens with zero attached hydrogens (tertiary/aromatic N) is 2. The SMILES string of the molecule is CCCCNC(=O)C(CC)N(Cc1ccc(F)cc1)C(=O)CCCN(C)S(=O)(=O)c1ccccc1. The van der Waals surface area contributed by atoms with Gasteiger partial charge in [0.05, 0.1) is 4.90 Å². The number of hydrogen-bond acceptors (Lipinski definition) is 4. The Kier molecular flexibility index (Phi) is 11.3. The molecule has 9 heteroatoms. The molecule has 7 nitrogen and oxygen atoms in total. The number of halogens is 1. The Bertz CT molecular complexity index is 1050. The van der Waals surface area contributed by atoms with Gasteiger partial charge in [-0.1, -0.05) is 50.6 Å². The number of hydrogen-bond donors (Lipinski definition) is 1. The average molecular weight is 506 g/mol. The third-order valence-electron chi connectivity index (χ3n) is 5.80. The molecule has 0 saturated carbocycles. The van der Waals surface area contributed by atoms with Crippen LogP contribution in [0.3, 0.4) is 0 Å². The van der Waals surface area contributed by atoms with Crippen LogP contribution in [-0.2, 0) is 26.2 Å². The summed E-state index contributed by atoms with van der Waals surface area (Å²) in [6.45, 7) is 4.73. The number of benzene rings is 2.